The molecule has 1 radical (unpaired) electrons. The van der Waals surface area contributed by atoms with Crippen LogP contribution in [0.1, 0.15) is 50.5 Å². The van der Waals surface area contributed by atoms with E-state index < -0.39 is 20.5 Å². The molecule has 0 saturated carbocycles. The maximum absolute atomic E-state index is 9.44. The first-order valence-electron chi connectivity index (χ1n) is 10.0. The zero-order valence-corrected chi connectivity index (χ0v) is 24.8. The van der Waals surface area contributed by atoms with Gasteiger partial charge in [0.15, 0.2) is 0 Å². The monoisotopic (exact) mass is 707 g/mol. The number of hydrogen-bond donors (Lipinski definition) is 4. The van der Waals surface area contributed by atoms with Gasteiger partial charge in [0, 0.05) is 0 Å². The Labute approximate surface area is 258 Å². The van der Waals surface area contributed by atoms with Crippen LogP contribution in [-0.4, -0.2) is 67.2 Å². The summed E-state index contributed by atoms with van der Waals surface area (Å²) in [5.41, 5.74) is 1.98. The predicted molar refractivity (Wildman–Crippen MR) is 119 cm³/mol. The Balaban J connectivity index is -0.000000144. The summed E-state index contributed by atoms with van der Waals surface area (Å²) >= 11 is 0. The molecule has 0 bridgehead atoms. The topological polar surface area (TPSA) is 375 Å². The predicted octanol–water partition coefficient (Wildman–Crippen LogP) is -6.93. The van der Waals surface area contributed by atoms with Gasteiger partial charge in [-0.1, -0.05) is 32.8 Å². The molecule has 0 atom stereocenters. The van der Waals surface area contributed by atoms with Crippen molar-refractivity contribution in [3.8, 4) is 0 Å². The molecule has 0 amide bonds. The van der Waals surface area contributed by atoms with Crippen LogP contribution < -0.4 is 37.3 Å². The van der Waals surface area contributed by atoms with Crippen LogP contribution in [0.15, 0.2) is 57.0 Å². The van der Waals surface area contributed by atoms with Crippen molar-refractivity contribution in [3.05, 3.63) is 59.2 Å². The second kappa shape index (κ2) is 29.8. The summed E-state index contributed by atoms with van der Waals surface area (Å²) in [7, 11) is -9.89. The van der Waals surface area contributed by atoms with Crippen LogP contribution in [0, 0.1) is 20.5 Å². The number of aromatic nitrogens is 2. The minimum atomic E-state index is -4.94. The quantitative estimate of drug-likeness (QED) is 0.0991. The van der Waals surface area contributed by atoms with Gasteiger partial charge >= 0.3 is 17.1 Å². The van der Waals surface area contributed by atoms with Crippen molar-refractivity contribution in [1.29, 1.82) is 0 Å². The third-order valence-corrected chi connectivity index (χ3v) is 2.34. The molecule has 23 heteroatoms. The van der Waals surface area contributed by atoms with Crippen molar-refractivity contribution in [3.63, 3.8) is 0 Å². The average molecular weight is 709 g/mol. The molecule has 4 N–H and O–H groups in total. The van der Waals surface area contributed by atoms with E-state index in [1.807, 2.05) is 0 Å². The van der Waals surface area contributed by atoms with Crippen LogP contribution in [0.4, 0.5) is 0 Å². The van der Waals surface area contributed by atoms with Gasteiger partial charge < -0.3 is 30.4 Å². The molecule has 0 spiro atoms. The number of pyridine rings is 2. The van der Waals surface area contributed by atoms with Crippen molar-refractivity contribution in [2.75, 3.05) is 0 Å². The van der Waals surface area contributed by atoms with Crippen LogP contribution in [0.5, 0.6) is 0 Å². The Kier molecular flexibility index (Phi) is 33.9. The Morgan fingerprint density at radius 3 is 0.814 bits per heavy atom. The molecule has 0 aliphatic carbocycles. The average Bonchev–Trinajstić information content (AvgIpc) is 2.78. The van der Waals surface area contributed by atoms with Gasteiger partial charge in [-0.05, 0) is 52.0 Å². The molecule has 245 valence electrons. The fourth-order valence-electron chi connectivity index (χ4n) is 1.46. The van der Waals surface area contributed by atoms with Gasteiger partial charge in [0.2, 0.25) is 0 Å². The molecule has 43 heavy (non-hydrogen) atoms. The van der Waals surface area contributed by atoms with Gasteiger partial charge in [-0.25, -0.2) is 47.2 Å². The fourth-order valence-corrected chi connectivity index (χ4v) is 1.46. The smallest absolute Gasteiger partial charge is 0.411 e. The molecule has 0 aromatic carbocycles. The molecule has 0 saturated heterocycles. The number of oxime groups is 4. The Morgan fingerprint density at radius 1 is 0.558 bits per heavy atom. The van der Waals surface area contributed by atoms with E-state index in [2.05, 4.69) is 30.6 Å². The minimum Gasteiger partial charge on any atom is -0.411 e. The second-order valence-corrected chi connectivity index (χ2v) is 8.04. The van der Waals surface area contributed by atoms with Crippen molar-refractivity contribution in [2.24, 2.45) is 20.6 Å². The number of carbonyl (C=O) groups is 2. The Morgan fingerprint density at radius 2 is 0.698 bits per heavy atom. The molecular weight excluding hydrogens is 683 g/mol. The van der Waals surface area contributed by atoms with Gasteiger partial charge in [0.25, 0.3) is 0 Å². The van der Waals surface area contributed by atoms with Gasteiger partial charge in [-0.2, -0.15) is 0 Å². The summed E-state index contributed by atoms with van der Waals surface area (Å²) in [4.78, 5) is 26.8. The third kappa shape index (κ3) is 63.0. The number of ketones is 2. The third-order valence-electron chi connectivity index (χ3n) is 2.34. The van der Waals surface area contributed by atoms with Gasteiger partial charge in [0.05, 0.1) is 47.6 Å². The van der Waals surface area contributed by atoms with E-state index in [-0.39, 0.29) is 28.6 Å². The molecule has 0 fully saturated rings. The van der Waals surface area contributed by atoms with Crippen molar-refractivity contribution in [2.45, 2.75) is 27.7 Å². The van der Waals surface area contributed by atoms with Crippen LogP contribution in [0.25, 0.3) is 0 Å². The van der Waals surface area contributed by atoms with Gasteiger partial charge in [-0.15, -0.1) is 20.5 Å². The molecule has 0 aliphatic rings. The molecular formula is C20H26Cl2CuN6O14. The normalized spacial score (nSPS) is 10.3. The number of rotatable bonds is 4. The van der Waals surface area contributed by atoms with Gasteiger partial charge in [0.1, 0.15) is 11.6 Å². The molecule has 0 aliphatic heterocycles. The minimum absolute atomic E-state index is 0. The van der Waals surface area contributed by atoms with E-state index in [9.17, 15) is 9.59 Å². The van der Waals surface area contributed by atoms with Crippen molar-refractivity contribution in [1.82, 2.24) is 9.97 Å². The van der Waals surface area contributed by atoms with E-state index >= 15 is 0 Å². The number of hydrogen-bond acceptors (Lipinski definition) is 20. The standard InChI is InChI=1S/2C7H7N3O2.2C3H6O.2ClHO4.Cu/c2*11-8-4-6-2-1-3-7(10-6)5-9-12;2*1-3(2)4;2*2-1(3,4)5;/h2*1-5,11-12H;2*1-2H3;2*(H,2,3,4,5);/q;;;;;;+2/p-2/b2*8-4+,9-5+;;;;;. The molecule has 20 nitrogen and oxygen atoms in total. The summed E-state index contributed by atoms with van der Waals surface area (Å²) in [6.45, 7) is 6.11. The first kappa shape index (κ1) is 49.0. The first-order chi connectivity index (χ1) is 19.2. The Bertz CT molecular complexity index is 968. The molecule has 2 aromatic heterocycles. The Hall–Kier alpha value is -3.70. The summed E-state index contributed by atoms with van der Waals surface area (Å²) in [6.07, 6.45) is 4.76. The van der Waals surface area contributed by atoms with Crippen molar-refractivity contribution >= 4 is 36.4 Å². The molecule has 2 aromatic rings. The number of halogens is 2. The molecule has 0 unspecified atom stereocenters. The summed E-state index contributed by atoms with van der Waals surface area (Å²) in [6, 6.07) is 10.1. The van der Waals surface area contributed by atoms with E-state index in [1.165, 1.54) is 52.6 Å². The fraction of sp³-hybridized carbons (Fsp3) is 0.200. The van der Waals surface area contributed by atoms with E-state index in [0.717, 1.165) is 0 Å². The maximum atomic E-state index is 9.44. The zero-order chi connectivity index (χ0) is 33.8. The number of carbonyl (C=O) groups excluding carboxylic acids is 2. The van der Waals surface area contributed by atoms with Crippen molar-refractivity contribution < 1.29 is 105 Å². The number of Topliss-reactive ketones (excluding diaryl/α,β-unsaturated/α-hetero) is 2. The number of nitrogens with zero attached hydrogens (tertiary/aromatic N) is 6. The first-order valence-corrected chi connectivity index (χ1v) is 12.5. The summed E-state index contributed by atoms with van der Waals surface area (Å²) in [5.74, 6) is 0.333. The second-order valence-electron chi connectivity index (χ2n) is 6.53. The van der Waals surface area contributed by atoms with Crippen LogP contribution in [0.3, 0.4) is 0 Å². The van der Waals surface area contributed by atoms with Crippen LogP contribution >= 0.6 is 0 Å². The van der Waals surface area contributed by atoms with Gasteiger partial charge in [-0.3, -0.25) is 0 Å². The van der Waals surface area contributed by atoms with E-state index in [0.29, 0.717) is 22.8 Å². The SMILES string of the molecule is CC(C)=O.CC(C)=O.O/N=C/c1cccc(/C=N/O)n1.O/N=C/c1cccc(/C=N/O)n1.[Cu+2].[O-][Cl+3]([O-])([O-])[O-].[O-][Cl+3]([O-])([O-])[O-]. The van der Waals surface area contributed by atoms with Crippen LogP contribution in [-0.2, 0) is 26.7 Å². The zero-order valence-electron chi connectivity index (χ0n) is 22.4. The maximum Gasteiger partial charge on any atom is 2.00 e. The molecule has 2 rings (SSSR count). The largest absolute Gasteiger partial charge is 2.00 e. The summed E-state index contributed by atoms with van der Waals surface area (Å²) < 4.78 is 67.9. The van der Waals surface area contributed by atoms with Crippen LogP contribution in [0.2, 0.25) is 0 Å². The van der Waals surface area contributed by atoms with E-state index in [4.69, 9.17) is 58.1 Å². The molecule has 2 heterocycles. The van der Waals surface area contributed by atoms with E-state index in [1.54, 1.807) is 36.4 Å². The summed E-state index contributed by atoms with van der Waals surface area (Å²) in [5, 5.41) is 44.0.